The van der Waals surface area contributed by atoms with Crippen LogP contribution in [0.4, 0.5) is 0 Å². The van der Waals surface area contributed by atoms with E-state index in [0.717, 1.165) is 17.6 Å². The largest absolute Gasteiger partial charge is 0.331 e. The molecule has 1 aromatic rings. The second-order valence-corrected chi connectivity index (χ2v) is 6.39. The smallest absolute Gasteiger partial charge is 0.255 e. The number of piperazine rings is 1. The number of nitrogens with zero attached hydrogens (tertiary/aromatic N) is 1. The van der Waals surface area contributed by atoms with Gasteiger partial charge in [0.05, 0.1) is 16.1 Å². The van der Waals surface area contributed by atoms with Gasteiger partial charge in [0, 0.05) is 24.1 Å². The highest BCUT2D eigenvalue weighted by molar-refractivity contribution is 9.10. The van der Waals surface area contributed by atoms with Crippen molar-refractivity contribution in [2.75, 3.05) is 19.6 Å². The van der Waals surface area contributed by atoms with Crippen LogP contribution in [0.3, 0.4) is 0 Å². The molecule has 1 aliphatic heterocycles. The molecule has 0 spiro atoms. The molecule has 1 aliphatic rings. The highest BCUT2D eigenvalue weighted by Crippen LogP contribution is 2.26. The van der Waals surface area contributed by atoms with Crippen molar-refractivity contribution in [1.82, 2.24) is 10.2 Å². The zero-order valence-electron chi connectivity index (χ0n) is 10.5. The van der Waals surface area contributed by atoms with E-state index >= 15 is 0 Å². The third-order valence-electron chi connectivity index (χ3n) is 3.20. The summed E-state index contributed by atoms with van der Waals surface area (Å²) < 4.78 is 0.864. The van der Waals surface area contributed by atoms with Crippen LogP contribution in [-0.2, 0) is 0 Å². The first-order valence-corrected chi connectivity index (χ1v) is 7.07. The lowest BCUT2D eigenvalue weighted by Crippen LogP contribution is -2.59. The number of amides is 1. The lowest BCUT2D eigenvalue weighted by atomic mass is 9.99. The summed E-state index contributed by atoms with van der Waals surface area (Å²) in [4.78, 5) is 14.5. The zero-order valence-corrected chi connectivity index (χ0v) is 12.8. The molecule has 1 heterocycles. The summed E-state index contributed by atoms with van der Waals surface area (Å²) in [5.41, 5.74) is 0.363. The molecule has 1 amide bonds. The molecule has 0 saturated carbocycles. The van der Waals surface area contributed by atoms with Crippen LogP contribution in [0.25, 0.3) is 0 Å². The first-order valence-electron chi connectivity index (χ1n) is 5.89. The number of nitrogens with one attached hydrogen (secondary N) is 1. The molecule has 0 bridgehead atoms. The lowest BCUT2D eigenvalue weighted by Gasteiger charge is -2.43. The molecule has 3 nitrogen and oxygen atoms in total. The molecule has 5 heteroatoms. The Kier molecular flexibility index (Phi) is 3.99. The summed E-state index contributed by atoms with van der Waals surface area (Å²) in [6, 6.07) is 5.36. The van der Waals surface area contributed by atoms with Crippen LogP contribution in [0.15, 0.2) is 22.7 Å². The average Bonchev–Trinajstić information content (AvgIpc) is 2.31. The number of hydrogen-bond donors (Lipinski definition) is 1. The van der Waals surface area contributed by atoms with E-state index < -0.39 is 0 Å². The minimum atomic E-state index is -0.193. The molecule has 0 radical (unpaired) electrons. The van der Waals surface area contributed by atoms with Crippen molar-refractivity contribution in [3.8, 4) is 0 Å². The molecule has 1 fully saturated rings. The topological polar surface area (TPSA) is 32.3 Å². The van der Waals surface area contributed by atoms with Crippen LogP contribution >= 0.6 is 27.5 Å². The van der Waals surface area contributed by atoms with Gasteiger partial charge < -0.3 is 10.2 Å². The highest BCUT2D eigenvalue weighted by atomic mass is 79.9. The van der Waals surface area contributed by atoms with Gasteiger partial charge in [-0.2, -0.15) is 0 Å². The Morgan fingerprint density at radius 1 is 1.50 bits per heavy atom. The Bertz CT molecular complexity index is 476. The monoisotopic (exact) mass is 330 g/mol. The Hall–Kier alpha value is -0.580. The van der Waals surface area contributed by atoms with E-state index in [2.05, 4.69) is 35.1 Å². The van der Waals surface area contributed by atoms with Crippen molar-refractivity contribution in [2.24, 2.45) is 0 Å². The third-order valence-corrected chi connectivity index (χ3v) is 4.03. The van der Waals surface area contributed by atoms with Gasteiger partial charge in [0.25, 0.3) is 5.91 Å². The van der Waals surface area contributed by atoms with Crippen LogP contribution in [-0.4, -0.2) is 36.0 Å². The van der Waals surface area contributed by atoms with Crippen LogP contribution in [0.1, 0.15) is 24.2 Å². The van der Waals surface area contributed by atoms with E-state index in [1.165, 1.54) is 0 Å². The van der Waals surface area contributed by atoms with Crippen molar-refractivity contribution in [3.05, 3.63) is 33.3 Å². The van der Waals surface area contributed by atoms with Gasteiger partial charge in [-0.05, 0) is 32.0 Å². The minimum absolute atomic E-state index is 0.00667. The van der Waals surface area contributed by atoms with Crippen molar-refractivity contribution in [3.63, 3.8) is 0 Å². The maximum absolute atomic E-state index is 12.6. The summed E-state index contributed by atoms with van der Waals surface area (Å²) in [5.74, 6) is -0.00667. The van der Waals surface area contributed by atoms with E-state index in [9.17, 15) is 4.79 Å². The molecule has 18 heavy (non-hydrogen) atoms. The van der Waals surface area contributed by atoms with Gasteiger partial charge in [-0.25, -0.2) is 0 Å². The first kappa shape index (κ1) is 13.8. The van der Waals surface area contributed by atoms with E-state index in [1.807, 2.05) is 11.0 Å². The number of hydrogen-bond acceptors (Lipinski definition) is 2. The molecular weight excluding hydrogens is 316 g/mol. The summed E-state index contributed by atoms with van der Waals surface area (Å²) in [5, 5.41) is 3.80. The summed E-state index contributed by atoms with van der Waals surface area (Å²) in [7, 11) is 0. The Morgan fingerprint density at radius 3 is 2.89 bits per heavy atom. The van der Waals surface area contributed by atoms with Crippen LogP contribution in [0, 0.1) is 0 Å². The number of rotatable bonds is 1. The zero-order chi connectivity index (χ0) is 13.3. The van der Waals surface area contributed by atoms with Crippen molar-refractivity contribution in [1.29, 1.82) is 0 Å². The second-order valence-electron chi connectivity index (χ2n) is 5.07. The predicted octanol–water partition coefficient (Wildman–Crippen LogP) is 2.93. The summed E-state index contributed by atoms with van der Waals surface area (Å²) in [6.07, 6.45) is 0. The van der Waals surface area contributed by atoms with Gasteiger partial charge >= 0.3 is 0 Å². The number of benzene rings is 1. The second kappa shape index (κ2) is 5.19. The molecule has 0 atom stereocenters. The molecule has 1 aromatic carbocycles. The summed E-state index contributed by atoms with van der Waals surface area (Å²) in [6.45, 7) is 6.44. The van der Waals surface area contributed by atoms with Crippen molar-refractivity contribution in [2.45, 2.75) is 19.4 Å². The van der Waals surface area contributed by atoms with Gasteiger partial charge in [-0.1, -0.05) is 27.5 Å². The molecule has 1 N–H and O–H groups in total. The molecule has 0 unspecified atom stereocenters. The van der Waals surface area contributed by atoms with Crippen molar-refractivity contribution < 1.29 is 4.79 Å². The van der Waals surface area contributed by atoms with E-state index in [1.54, 1.807) is 12.1 Å². The van der Waals surface area contributed by atoms with Gasteiger partial charge in [0.2, 0.25) is 0 Å². The Labute approximate surface area is 121 Å². The fraction of sp³-hybridized carbons (Fsp3) is 0.462. The average molecular weight is 332 g/mol. The van der Waals surface area contributed by atoms with Gasteiger partial charge in [-0.15, -0.1) is 0 Å². The Balaban J connectivity index is 2.33. The lowest BCUT2D eigenvalue weighted by molar-refractivity contribution is 0.0477. The molecule has 0 aromatic heterocycles. The maximum atomic E-state index is 12.6. The normalized spacial score (nSPS) is 18.8. The van der Waals surface area contributed by atoms with Crippen LogP contribution < -0.4 is 5.32 Å². The standard InChI is InChI=1S/C13H16BrClN2O/c1-13(2)8-16-5-6-17(13)12(18)10-7-9(14)3-4-11(10)15/h3-4,7,16H,5-6,8H2,1-2H3. The number of halogens is 2. The highest BCUT2D eigenvalue weighted by Gasteiger charge is 2.34. The van der Waals surface area contributed by atoms with Gasteiger partial charge in [-0.3, -0.25) is 4.79 Å². The van der Waals surface area contributed by atoms with Crippen LogP contribution in [0.2, 0.25) is 5.02 Å². The van der Waals surface area contributed by atoms with E-state index in [0.29, 0.717) is 17.1 Å². The fourth-order valence-corrected chi connectivity index (χ4v) is 2.73. The molecule has 0 aliphatic carbocycles. The van der Waals surface area contributed by atoms with Crippen LogP contribution in [0.5, 0.6) is 0 Å². The van der Waals surface area contributed by atoms with E-state index in [-0.39, 0.29) is 11.4 Å². The maximum Gasteiger partial charge on any atom is 0.255 e. The number of carbonyl (C=O) groups excluding carboxylic acids is 1. The molecule has 98 valence electrons. The Morgan fingerprint density at radius 2 is 2.22 bits per heavy atom. The molecule has 2 rings (SSSR count). The fourth-order valence-electron chi connectivity index (χ4n) is 2.17. The minimum Gasteiger partial charge on any atom is -0.331 e. The van der Waals surface area contributed by atoms with Gasteiger partial charge in [0.1, 0.15) is 0 Å². The number of carbonyl (C=O) groups is 1. The van der Waals surface area contributed by atoms with E-state index in [4.69, 9.17) is 11.6 Å². The first-order chi connectivity index (χ1) is 8.42. The SMILES string of the molecule is CC1(C)CNCCN1C(=O)c1cc(Br)ccc1Cl. The van der Waals surface area contributed by atoms with Crippen molar-refractivity contribution >= 4 is 33.4 Å². The van der Waals surface area contributed by atoms with Gasteiger partial charge in [0.15, 0.2) is 0 Å². The predicted molar refractivity (Wildman–Crippen MR) is 77.1 cm³/mol. The quantitative estimate of drug-likeness (QED) is 0.858. The molecular formula is C13H16BrClN2O. The summed E-state index contributed by atoms with van der Waals surface area (Å²) >= 11 is 9.49. The molecule has 1 saturated heterocycles. The third kappa shape index (κ3) is 2.71.